The van der Waals surface area contributed by atoms with E-state index in [0.29, 0.717) is 6.61 Å². The van der Waals surface area contributed by atoms with E-state index in [9.17, 15) is 9.59 Å². The van der Waals surface area contributed by atoms with Gasteiger partial charge in [0.25, 0.3) is 0 Å². The van der Waals surface area contributed by atoms with Crippen LogP contribution in [0.3, 0.4) is 0 Å². The molecule has 0 radical (unpaired) electrons. The van der Waals surface area contributed by atoms with Crippen molar-refractivity contribution in [3.05, 3.63) is 0 Å². The molecule has 1 aliphatic heterocycles. The van der Waals surface area contributed by atoms with Gasteiger partial charge in [0.1, 0.15) is 0 Å². The number of carbonyl (C=O) groups excluding carboxylic acids is 2. The van der Waals surface area contributed by atoms with Crippen LogP contribution in [0, 0.1) is 5.92 Å². The molecule has 1 fully saturated rings. The molecule has 3 atom stereocenters. The maximum absolute atomic E-state index is 11.8. The minimum Gasteiger partial charge on any atom is -0.466 e. The van der Waals surface area contributed by atoms with Gasteiger partial charge in [0.05, 0.1) is 31.1 Å². The number of nitrogens with one attached hydrogen (secondary N) is 1. The van der Waals surface area contributed by atoms with Crippen molar-refractivity contribution >= 4 is 20.2 Å². The van der Waals surface area contributed by atoms with Crippen molar-refractivity contribution in [2.24, 2.45) is 5.92 Å². The Kier molecular flexibility index (Phi) is 5.61. The first-order chi connectivity index (χ1) is 9.49. The Bertz CT molecular complexity index is 403. The minimum atomic E-state index is -1.92. The molecule has 0 bridgehead atoms. The predicted octanol–water partition coefficient (Wildman–Crippen LogP) is 2.46. The average molecular weight is 315 g/mol. The molecule has 122 valence electrons. The van der Waals surface area contributed by atoms with Crippen molar-refractivity contribution in [3.8, 4) is 0 Å². The molecule has 0 aromatic carbocycles. The summed E-state index contributed by atoms with van der Waals surface area (Å²) in [6.07, 6.45) is 0.0363. The number of hydrogen-bond donors (Lipinski definition) is 1. The molecule has 1 saturated heterocycles. The molecule has 0 aromatic rings. The van der Waals surface area contributed by atoms with Gasteiger partial charge in [-0.1, -0.05) is 20.8 Å². The average Bonchev–Trinajstić information content (AvgIpc) is 2.25. The summed E-state index contributed by atoms with van der Waals surface area (Å²) in [6, 6.07) is -0.170. The second kappa shape index (κ2) is 6.48. The van der Waals surface area contributed by atoms with Gasteiger partial charge in [0, 0.05) is 0 Å². The van der Waals surface area contributed by atoms with Crippen molar-refractivity contribution in [2.45, 2.75) is 71.3 Å². The molecule has 0 saturated carbocycles. The number of β-lactam (4-membered cyclic amide) rings is 1. The maximum Gasteiger partial charge on any atom is 0.307 e. The van der Waals surface area contributed by atoms with E-state index in [4.69, 9.17) is 9.16 Å². The van der Waals surface area contributed by atoms with Crippen LogP contribution < -0.4 is 5.32 Å². The van der Waals surface area contributed by atoms with Crippen molar-refractivity contribution in [3.63, 3.8) is 0 Å². The van der Waals surface area contributed by atoms with E-state index in [0.717, 1.165) is 0 Å². The highest BCUT2D eigenvalue weighted by Crippen LogP contribution is 2.39. The van der Waals surface area contributed by atoms with E-state index in [1.165, 1.54) is 0 Å². The SMILES string of the molecule is CCOC(=O)C[C@@H]1NC(=O)[C@@H]1[C@@H](C)O[Si](C)(C)C(C)(C)C. The van der Waals surface area contributed by atoms with Crippen LogP contribution in [0.4, 0.5) is 0 Å². The molecule has 6 heteroatoms. The van der Waals surface area contributed by atoms with E-state index in [1.807, 2.05) is 6.92 Å². The van der Waals surface area contributed by atoms with Crippen LogP contribution in [0.15, 0.2) is 0 Å². The summed E-state index contributed by atoms with van der Waals surface area (Å²) in [4.78, 5) is 23.4. The Morgan fingerprint density at radius 1 is 1.38 bits per heavy atom. The van der Waals surface area contributed by atoms with E-state index < -0.39 is 8.32 Å². The summed E-state index contributed by atoms with van der Waals surface area (Å²) in [5, 5.41) is 2.88. The Balaban J connectivity index is 2.65. The van der Waals surface area contributed by atoms with Gasteiger partial charge in [0.15, 0.2) is 8.32 Å². The van der Waals surface area contributed by atoms with E-state index in [2.05, 4.69) is 39.2 Å². The standard InChI is InChI=1S/C15H29NO4Si/c1-8-19-12(17)9-11-13(14(18)16-11)10(2)20-21(6,7)15(3,4)5/h10-11,13H,8-9H2,1-7H3,(H,16,18)/t10-,11+,13-/m1/s1. The smallest absolute Gasteiger partial charge is 0.307 e. The Labute approximate surface area is 128 Å². The van der Waals surface area contributed by atoms with E-state index >= 15 is 0 Å². The lowest BCUT2D eigenvalue weighted by Gasteiger charge is -2.45. The fraction of sp³-hybridized carbons (Fsp3) is 0.867. The van der Waals surface area contributed by atoms with Crippen LogP contribution in [-0.2, 0) is 18.8 Å². The summed E-state index contributed by atoms with van der Waals surface area (Å²) in [7, 11) is -1.92. The molecular weight excluding hydrogens is 286 g/mol. The van der Waals surface area contributed by atoms with Crippen molar-refractivity contribution in [1.82, 2.24) is 5.32 Å². The lowest BCUT2D eigenvalue weighted by Crippen LogP contribution is -2.64. The maximum atomic E-state index is 11.8. The summed E-state index contributed by atoms with van der Waals surface area (Å²) < 4.78 is 11.2. The van der Waals surface area contributed by atoms with Crippen LogP contribution >= 0.6 is 0 Å². The normalized spacial score (nSPS) is 24.0. The highest BCUT2D eigenvalue weighted by atomic mass is 28.4. The third kappa shape index (κ3) is 4.29. The summed E-state index contributed by atoms with van der Waals surface area (Å²) in [5.41, 5.74) is 0. The molecule has 0 aliphatic carbocycles. The van der Waals surface area contributed by atoms with Gasteiger partial charge in [-0.3, -0.25) is 9.59 Å². The molecule has 5 nitrogen and oxygen atoms in total. The second-order valence-corrected chi connectivity index (χ2v) is 12.0. The number of rotatable bonds is 6. The predicted molar refractivity (Wildman–Crippen MR) is 84.4 cm³/mol. The third-order valence-electron chi connectivity index (χ3n) is 4.55. The number of hydrogen-bond acceptors (Lipinski definition) is 4. The zero-order valence-corrected chi connectivity index (χ0v) is 15.3. The molecule has 0 aromatic heterocycles. The van der Waals surface area contributed by atoms with Gasteiger partial charge in [-0.15, -0.1) is 0 Å². The first-order valence-electron chi connectivity index (χ1n) is 7.63. The minimum absolute atomic E-state index is 0.0319. The van der Waals surface area contributed by atoms with Gasteiger partial charge in [0.2, 0.25) is 5.91 Å². The Hall–Kier alpha value is -0.883. The third-order valence-corrected chi connectivity index (χ3v) is 9.12. The number of carbonyl (C=O) groups is 2. The zero-order valence-electron chi connectivity index (χ0n) is 14.3. The van der Waals surface area contributed by atoms with Gasteiger partial charge in [-0.25, -0.2) is 0 Å². The van der Waals surface area contributed by atoms with E-state index in [1.54, 1.807) is 6.92 Å². The largest absolute Gasteiger partial charge is 0.466 e. The van der Waals surface area contributed by atoms with Crippen molar-refractivity contribution < 1.29 is 18.8 Å². The molecule has 21 heavy (non-hydrogen) atoms. The lowest BCUT2D eigenvalue weighted by atomic mass is 9.84. The molecule has 1 amide bonds. The molecular formula is C15H29NO4Si. The highest BCUT2D eigenvalue weighted by Gasteiger charge is 2.48. The molecule has 1 heterocycles. The molecule has 1 N–H and O–H groups in total. The fourth-order valence-electron chi connectivity index (χ4n) is 2.29. The monoisotopic (exact) mass is 315 g/mol. The first-order valence-corrected chi connectivity index (χ1v) is 10.5. The summed E-state index contributed by atoms with van der Waals surface area (Å²) in [5.74, 6) is -0.564. The summed E-state index contributed by atoms with van der Waals surface area (Å²) in [6.45, 7) is 14.9. The van der Waals surface area contributed by atoms with Crippen LogP contribution in [-0.4, -0.2) is 38.9 Å². The Morgan fingerprint density at radius 2 is 1.95 bits per heavy atom. The van der Waals surface area contributed by atoms with Gasteiger partial charge < -0.3 is 14.5 Å². The number of ether oxygens (including phenoxy) is 1. The van der Waals surface area contributed by atoms with E-state index in [-0.39, 0.29) is 41.4 Å². The van der Waals surface area contributed by atoms with Crippen molar-refractivity contribution in [1.29, 1.82) is 0 Å². The quantitative estimate of drug-likeness (QED) is 0.464. The zero-order chi connectivity index (χ0) is 16.4. The highest BCUT2D eigenvalue weighted by molar-refractivity contribution is 6.74. The number of esters is 1. The first kappa shape index (κ1) is 18.2. The topological polar surface area (TPSA) is 64.6 Å². The van der Waals surface area contributed by atoms with Crippen LogP contribution in [0.5, 0.6) is 0 Å². The molecule has 1 aliphatic rings. The van der Waals surface area contributed by atoms with Crippen molar-refractivity contribution in [2.75, 3.05) is 6.61 Å². The van der Waals surface area contributed by atoms with Crippen LogP contribution in [0.25, 0.3) is 0 Å². The lowest BCUT2D eigenvalue weighted by molar-refractivity contribution is -0.149. The van der Waals surface area contributed by atoms with Gasteiger partial charge in [-0.2, -0.15) is 0 Å². The van der Waals surface area contributed by atoms with Gasteiger partial charge >= 0.3 is 5.97 Å². The Morgan fingerprint density at radius 3 is 2.38 bits per heavy atom. The number of amides is 1. The van der Waals surface area contributed by atoms with Gasteiger partial charge in [-0.05, 0) is 32.0 Å². The molecule has 0 unspecified atom stereocenters. The van der Waals surface area contributed by atoms with Crippen LogP contribution in [0.2, 0.25) is 18.1 Å². The summed E-state index contributed by atoms with van der Waals surface area (Å²) >= 11 is 0. The molecule has 1 rings (SSSR count). The van der Waals surface area contributed by atoms with Crippen LogP contribution in [0.1, 0.15) is 41.0 Å². The molecule has 0 spiro atoms. The second-order valence-electron chi connectivity index (χ2n) is 7.23. The fourth-order valence-corrected chi connectivity index (χ4v) is 3.72.